The molecule has 1 N–H and O–H groups in total. The molecule has 0 aliphatic carbocycles. The highest BCUT2D eigenvalue weighted by Gasteiger charge is 2.12. The van der Waals surface area contributed by atoms with Crippen molar-refractivity contribution in [3.8, 4) is 5.75 Å². The average Bonchev–Trinajstić information content (AvgIpc) is 2.54. The number of carbonyl (C=O) groups is 2. The van der Waals surface area contributed by atoms with Crippen molar-refractivity contribution in [2.45, 2.75) is 13.0 Å². The molecule has 0 spiro atoms. The molecule has 0 saturated carbocycles. The minimum Gasteiger partial charge on any atom is -0.479 e. The Morgan fingerprint density at radius 1 is 1.12 bits per heavy atom. The SMILES string of the molecule is C[C@@H](Oc1ccc(C(=O)/C=C/c2ccc(Cl)cc2Cl)cc1)C(=O)O. The van der Waals surface area contributed by atoms with Gasteiger partial charge < -0.3 is 9.84 Å². The third-order valence-electron chi connectivity index (χ3n) is 3.18. The van der Waals surface area contributed by atoms with E-state index in [2.05, 4.69) is 0 Å². The molecule has 24 heavy (non-hydrogen) atoms. The lowest BCUT2D eigenvalue weighted by molar-refractivity contribution is -0.144. The fourth-order valence-electron chi connectivity index (χ4n) is 1.85. The van der Waals surface area contributed by atoms with Crippen molar-refractivity contribution in [1.29, 1.82) is 0 Å². The zero-order chi connectivity index (χ0) is 17.7. The first-order chi connectivity index (χ1) is 11.4. The van der Waals surface area contributed by atoms with Gasteiger partial charge in [0.05, 0.1) is 0 Å². The molecule has 1 atom stereocenters. The molecule has 0 aliphatic rings. The van der Waals surface area contributed by atoms with Crippen LogP contribution in [0, 0.1) is 0 Å². The minimum atomic E-state index is -1.06. The lowest BCUT2D eigenvalue weighted by Crippen LogP contribution is -2.22. The van der Waals surface area contributed by atoms with E-state index < -0.39 is 12.1 Å². The minimum absolute atomic E-state index is 0.209. The van der Waals surface area contributed by atoms with E-state index in [1.165, 1.54) is 13.0 Å². The van der Waals surface area contributed by atoms with Crippen LogP contribution in [0.4, 0.5) is 0 Å². The molecular weight excluding hydrogens is 351 g/mol. The molecule has 0 bridgehead atoms. The Labute approximate surface area is 149 Å². The summed E-state index contributed by atoms with van der Waals surface area (Å²) < 4.78 is 5.21. The molecule has 0 heterocycles. The van der Waals surface area contributed by atoms with Gasteiger partial charge in [-0.15, -0.1) is 0 Å². The maximum absolute atomic E-state index is 12.1. The summed E-state index contributed by atoms with van der Waals surface area (Å²) >= 11 is 11.9. The monoisotopic (exact) mass is 364 g/mol. The molecule has 0 unspecified atom stereocenters. The second kappa shape index (κ2) is 7.99. The van der Waals surface area contributed by atoms with Crippen LogP contribution in [0.25, 0.3) is 6.08 Å². The molecule has 0 amide bonds. The molecule has 0 aromatic heterocycles. The van der Waals surface area contributed by atoms with E-state index in [4.69, 9.17) is 33.0 Å². The summed E-state index contributed by atoms with van der Waals surface area (Å²) in [6, 6.07) is 11.3. The van der Waals surface area contributed by atoms with Crippen molar-refractivity contribution in [3.05, 3.63) is 69.7 Å². The summed E-state index contributed by atoms with van der Waals surface area (Å²) in [6.45, 7) is 1.43. The molecule has 2 aromatic rings. The van der Waals surface area contributed by atoms with Crippen LogP contribution in [0.1, 0.15) is 22.8 Å². The van der Waals surface area contributed by atoms with Crippen LogP contribution in [0.2, 0.25) is 10.0 Å². The number of allylic oxidation sites excluding steroid dienone is 1. The highest BCUT2D eigenvalue weighted by Crippen LogP contribution is 2.22. The highest BCUT2D eigenvalue weighted by molar-refractivity contribution is 6.35. The second-order valence-electron chi connectivity index (χ2n) is 4.99. The maximum Gasteiger partial charge on any atom is 0.344 e. The largest absolute Gasteiger partial charge is 0.479 e. The van der Waals surface area contributed by atoms with Gasteiger partial charge in [-0.2, -0.15) is 0 Å². The number of aliphatic carboxylic acids is 1. The lowest BCUT2D eigenvalue weighted by Gasteiger charge is -2.10. The van der Waals surface area contributed by atoms with Crippen LogP contribution in [-0.4, -0.2) is 23.0 Å². The summed E-state index contributed by atoms with van der Waals surface area (Å²) in [7, 11) is 0. The first kappa shape index (κ1) is 18.0. The van der Waals surface area contributed by atoms with Gasteiger partial charge in [0.25, 0.3) is 0 Å². The van der Waals surface area contributed by atoms with Crippen molar-refractivity contribution in [1.82, 2.24) is 0 Å². The van der Waals surface area contributed by atoms with E-state index >= 15 is 0 Å². The van der Waals surface area contributed by atoms with Crippen LogP contribution in [-0.2, 0) is 4.79 Å². The van der Waals surface area contributed by atoms with E-state index in [1.807, 2.05) is 0 Å². The Morgan fingerprint density at radius 3 is 2.38 bits per heavy atom. The Morgan fingerprint density at radius 2 is 1.79 bits per heavy atom. The van der Waals surface area contributed by atoms with Gasteiger partial charge in [-0.1, -0.05) is 29.3 Å². The van der Waals surface area contributed by atoms with Crippen LogP contribution >= 0.6 is 23.2 Å². The zero-order valence-corrected chi connectivity index (χ0v) is 14.2. The van der Waals surface area contributed by atoms with Gasteiger partial charge in [0, 0.05) is 15.6 Å². The first-order valence-electron chi connectivity index (χ1n) is 7.04. The van der Waals surface area contributed by atoms with Gasteiger partial charge in [0.1, 0.15) is 5.75 Å². The van der Waals surface area contributed by atoms with E-state index in [0.29, 0.717) is 26.9 Å². The predicted octanol–water partition coefficient (Wildman–Crippen LogP) is 4.74. The first-order valence-corrected chi connectivity index (χ1v) is 7.79. The smallest absolute Gasteiger partial charge is 0.344 e. The number of ketones is 1. The van der Waals surface area contributed by atoms with Gasteiger partial charge in [0.15, 0.2) is 11.9 Å². The summed E-state index contributed by atoms with van der Waals surface area (Å²) in [5.74, 6) is -0.886. The number of carboxylic acids is 1. The summed E-state index contributed by atoms with van der Waals surface area (Å²) in [4.78, 5) is 22.9. The topological polar surface area (TPSA) is 63.6 Å². The Kier molecular flexibility index (Phi) is 6.01. The summed E-state index contributed by atoms with van der Waals surface area (Å²) in [6.07, 6.45) is 2.06. The molecular formula is C18H14Cl2O4. The van der Waals surface area contributed by atoms with E-state index in [9.17, 15) is 9.59 Å². The molecule has 0 fully saturated rings. The molecule has 2 aromatic carbocycles. The normalized spacial score (nSPS) is 12.1. The van der Waals surface area contributed by atoms with Gasteiger partial charge >= 0.3 is 5.97 Å². The van der Waals surface area contributed by atoms with Crippen LogP contribution < -0.4 is 4.74 Å². The Balaban J connectivity index is 2.07. The van der Waals surface area contributed by atoms with Gasteiger partial charge in [-0.25, -0.2) is 4.79 Å². The molecule has 6 heteroatoms. The van der Waals surface area contributed by atoms with Gasteiger partial charge in [-0.05, 0) is 61.0 Å². The van der Waals surface area contributed by atoms with E-state index in [0.717, 1.165) is 0 Å². The number of ether oxygens (including phenoxy) is 1. The average molecular weight is 365 g/mol. The fourth-order valence-corrected chi connectivity index (χ4v) is 2.32. The summed E-state index contributed by atoms with van der Waals surface area (Å²) in [5, 5.41) is 9.78. The number of carbonyl (C=O) groups excluding carboxylic acids is 1. The number of rotatable bonds is 6. The summed E-state index contributed by atoms with van der Waals surface area (Å²) in [5.41, 5.74) is 1.14. The molecule has 124 valence electrons. The maximum atomic E-state index is 12.1. The molecule has 0 radical (unpaired) electrons. The number of carboxylic acid groups (broad SMARTS) is 1. The van der Waals surface area contributed by atoms with Gasteiger partial charge in [0.2, 0.25) is 0 Å². The van der Waals surface area contributed by atoms with Crippen LogP contribution in [0.3, 0.4) is 0 Å². The van der Waals surface area contributed by atoms with Crippen molar-refractivity contribution >= 4 is 41.0 Å². The number of hydrogen-bond acceptors (Lipinski definition) is 3. The van der Waals surface area contributed by atoms with E-state index in [-0.39, 0.29) is 5.78 Å². The second-order valence-corrected chi connectivity index (χ2v) is 5.83. The van der Waals surface area contributed by atoms with Crippen molar-refractivity contribution < 1.29 is 19.4 Å². The Hall–Kier alpha value is -2.30. The fraction of sp³-hybridized carbons (Fsp3) is 0.111. The molecule has 0 aliphatic heterocycles. The number of halogens is 2. The predicted molar refractivity (Wildman–Crippen MR) is 94.0 cm³/mol. The van der Waals surface area contributed by atoms with Crippen LogP contribution in [0.15, 0.2) is 48.5 Å². The highest BCUT2D eigenvalue weighted by atomic mass is 35.5. The molecule has 2 rings (SSSR count). The number of hydrogen-bond donors (Lipinski definition) is 1. The third kappa shape index (κ3) is 4.85. The zero-order valence-electron chi connectivity index (χ0n) is 12.7. The van der Waals surface area contributed by atoms with Crippen LogP contribution in [0.5, 0.6) is 5.75 Å². The van der Waals surface area contributed by atoms with Gasteiger partial charge in [-0.3, -0.25) is 4.79 Å². The van der Waals surface area contributed by atoms with Crippen molar-refractivity contribution in [2.24, 2.45) is 0 Å². The third-order valence-corrected chi connectivity index (χ3v) is 3.74. The van der Waals surface area contributed by atoms with E-state index in [1.54, 1.807) is 48.5 Å². The molecule has 4 nitrogen and oxygen atoms in total. The lowest BCUT2D eigenvalue weighted by atomic mass is 10.1. The molecule has 0 saturated heterocycles. The van der Waals surface area contributed by atoms with Crippen molar-refractivity contribution in [3.63, 3.8) is 0 Å². The van der Waals surface area contributed by atoms with Crippen molar-refractivity contribution in [2.75, 3.05) is 0 Å². The standard InChI is InChI=1S/C18H14Cl2O4/c1-11(18(22)23)24-15-7-3-13(4-8-15)17(21)9-5-12-2-6-14(19)10-16(12)20/h2-11H,1H3,(H,22,23)/b9-5+/t11-/m1/s1. The number of benzene rings is 2. The Bertz CT molecular complexity index is 782. The quantitative estimate of drug-likeness (QED) is 0.593.